The fourth-order valence-corrected chi connectivity index (χ4v) is 2.26. The monoisotopic (exact) mass is 466 g/mol. The maximum Gasteiger partial charge on any atom is 0.344 e. The molecule has 0 bridgehead atoms. The van der Waals surface area contributed by atoms with E-state index in [1.807, 2.05) is 19.1 Å². The van der Waals surface area contributed by atoms with Crippen LogP contribution in [-0.4, -0.2) is 49.3 Å². The van der Waals surface area contributed by atoms with Gasteiger partial charge >= 0.3 is 23.9 Å². The quantitative estimate of drug-likeness (QED) is 0.287. The predicted molar refractivity (Wildman–Crippen MR) is 124 cm³/mol. The summed E-state index contributed by atoms with van der Waals surface area (Å²) in [6, 6.07) is 7.12. The minimum absolute atomic E-state index is 0.0941. The van der Waals surface area contributed by atoms with Gasteiger partial charge in [-0.15, -0.1) is 0 Å². The molecule has 8 heteroatoms. The molecular weight excluding hydrogens is 428 g/mol. The van der Waals surface area contributed by atoms with Crippen molar-refractivity contribution in [2.75, 3.05) is 20.3 Å². The molecule has 33 heavy (non-hydrogen) atoms. The summed E-state index contributed by atoms with van der Waals surface area (Å²) in [5.41, 5.74) is 1.15. The summed E-state index contributed by atoms with van der Waals surface area (Å²) in [5.74, 6) is -2.27. The molecule has 0 unspecified atom stereocenters. The molecule has 0 heterocycles. The molecule has 0 spiro atoms. The molecule has 8 nitrogen and oxygen atoms in total. The van der Waals surface area contributed by atoms with Crippen LogP contribution in [-0.2, 0) is 34.0 Å². The summed E-state index contributed by atoms with van der Waals surface area (Å²) in [4.78, 5) is 44.1. The summed E-state index contributed by atoms with van der Waals surface area (Å²) < 4.78 is 14.0. The molecule has 186 valence electrons. The van der Waals surface area contributed by atoms with Crippen LogP contribution in [0.15, 0.2) is 24.3 Å². The Labute approximate surface area is 196 Å². The van der Waals surface area contributed by atoms with Crippen molar-refractivity contribution in [2.24, 2.45) is 5.41 Å². The highest BCUT2D eigenvalue weighted by molar-refractivity contribution is 5.87. The molecule has 0 aromatic heterocycles. The number of rotatable bonds is 11. The van der Waals surface area contributed by atoms with Crippen molar-refractivity contribution in [3.05, 3.63) is 35.4 Å². The summed E-state index contributed by atoms with van der Waals surface area (Å²) in [5, 5.41) is 8.74. The van der Waals surface area contributed by atoms with Gasteiger partial charge in [-0.2, -0.15) is 0 Å². The van der Waals surface area contributed by atoms with Crippen LogP contribution in [0.4, 0.5) is 0 Å². The average Bonchev–Trinajstić information content (AvgIpc) is 2.80. The van der Waals surface area contributed by atoms with Crippen molar-refractivity contribution in [1.29, 1.82) is 0 Å². The Kier molecular flexibility index (Phi) is 13.0. The number of methoxy groups -OCH3 is 1. The lowest BCUT2D eigenvalue weighted by molar-refractivity contribution is -0.158. The molecule has 0 saturated heterocycles. The zero-order chi connectivity index (χ0) is 25.7. The van der Waals surface area contributed by atoms with Gasteiger partial charge in [0.2, 0.25) is 0 Å². The standard InChI is InChI=1S/C13H22O6.C12H16O2/c1-5-13(2,3)12(16)18-8-6-7-10(14)19-9-11(15)17-4;1-4-12(2,3)10-7-5-9(6-8-10)11(13)14/h5-9H2,1-4H3;5-8H,4H2,1-3H3,(H,13,14). The van der Waals surface area contributed by atoms with E-state index in [9.17, 15) is 19.2 Å². The van der Waals surface area contributed by atoms with Gasteiger partial charge in [0.15, 0.2) is 6.61 Å². The van der Waals surface area contributed by atoms with Gasteiger partial charge in [-0.05, 0) is 56.2 Å². The fourth-order valence-electron chi connectivity index (χ4n) is 2.26. The van der Waals surface area contributed by atoms with Gasteiger partial charge in [-0.1, -0.05) is 39.8 Å². The van der Waals surface area contributed by atoms with Crippen molar-refractivity contribution in [3.8, 4) is 0 Å². The largest absolute Gasteiger partial charge is 0.478 e. The van der Waals surface area contributed by atoms with E-state index in [4.69, 9.17) is 9.84 Å². The first kappa shape index (κ1) is 30.1. The summed E-state index contributed by atoms with van der Waals surface area (Å²) in [7, 11) is 1.21. The maximum absolute atomic E-state index is 11.6. The van der Waals surface area contributed by atoms with Crippen molar-refractivity contribution >= 4 is 23.9 Å². The number of hydrogen-bond acceptors (Lipinski definition) is 7. The van der Waals surface area contributed by atoms with Gasteiger partial charge < -0.3 is 19.3 Å². The molecule has 0 fully saturated rings. The van der Waals surface area contributed by atoms with E-state index >= 15 is 0 Å². The van der Waals surface area contributed by atoms with E-state index in [1.54, 1.807) is 26.0 Å². The molecule has 1 rings (SSSR count). The third-order valence-electron chi connectivity index (χ3n) is 5.57. The molecule has 0 aliphatic rings. The van der Waals surface area contributed by atoms with Gasteiger partial charge in [0.1, 0.15) is 0 Å². The molecule has 0 aliphatic carbocycles. The van der Waals surface area contributed by atoms with Gasteiger partial charge in [0, 0.05) is 6.42 Å². The van der Waals surface area contributed by atoms with E-state index in [2.05, 4.69) is 30.2 Å². The first-order valence-corrected chi connectivity index (χ1v) is 11.0. The number of esters is 3. The number of aromatic carboxylic acids is 1. The minimum atomic E-state index is -0.870. The number of benzene rings is 1. The van der Waals surface area contributed by atoms with Crippen LogP contribution >= 0.6 is 0 Å². The summed E-state index contributed by atoms with van der Waals surface area (Å²) in [6.45, 7) is 11.7. The number of carbonyl (C=O) groups excluding carboxylic acids is 3. The van der Waals surface area contributed by atoms with Crippen molar-refractivity contribution in [1.82, 2.24) is 0 Å². The fraction of sp³-hybridized carbons (Fsp3) is 0.600. The maximum atomic E-state index is 11.6. The van der Waals surface area contributed by atoms with Crippen molar-refractivity contribution < 1.29 is 38.5 Å². The molecule has 1 N–H and O–H groups in total. The van der Waals surface area contributed by atoms with Gasteiger partial charge in [-0.3, -0.25) is 9.59 Å². The molecule has 0 amide bonds. The molecular formula is C25H38O8. The first-order chi connectivity index (χ1) is 15.3. The van der Waals surface area contributed by atoms with Crippen molar-refractivity contribution in [2.45, 2.75) is 72.6 Å². The molecule has 0 aliphatic heterocycles. The molecule has 1 aromatic rings. The van der Waals surface area contributed by atoms with Crippen LogP contribution in [0.25, 0.3) is 0 Å². The molecule has 0 atom stereocenters. The topological polar surface area (TPSA) is 116 Å². The first-order valence-electron chi connectivity index (χ1n) is 11.0. The van der Waals surface area contributed by atoms with Crippen LogP contribution in [0.5, 0.6) is 0 Å². The SMILES string of the molecule is CCC(C)(C)C(=O)OCCCC(=O)OCC(=O)OC.CCC(C)(C)c1ccc(C(=O)O)cc1. The highest BCUT2D eigenvalue weighted by Gasteiger charge is 2.26. The Bertz CT molecular complexity index is 778. The Balaban J connectivity index is 0.000000647. The average molecular weight is 467 g/mol. The lowest BCUT2D eigenvalue weighted by atomic mass is 9.82. The van der Waals surface area contributed by atoms with E-state index in [1.165, 1.54) is 12.7 Å². The highest BCUT2D eigenvalue weighted by atomic mass is 16.6. The van der Waals surface area contributed by atoms with Gasteiger partial charge in [0.25, 0.3) is 0 Å². The zero-order valence-corrected chi connectivity index (χ0v) is 20.9. The van der Waals surface area contributed by atoms with E-state index in [0.717, 1.165) is 6.42 Å². The van der Waals surface area contributed by atoms with Crippen LogP contribution in [0, 0.1) is 5.41 Å². The minimum Gasteiger partial charge on any atom is -0.478 e. The summed E-state index contributed by atoms with van der Waals surface area (Å²) in [6.07, 6.45) is 2.19. The number of carbonyl (C=O) groups is 4. The van der Waals surface area contributed by atoms with E-state index in [-0.39, 0.29) is 24.4 Å². The second kappa shape index (κ2) is 14.3. The Morgan fingerprint density at radius 3 is 1.91 bits per heavy atom. The number of hydrogen-bond donors (Lipinski definition) is 1. The van der Waals surface area contributed by atoms with Crippen LogP contribution in [0.2, 0.25) is 0 Å². The lowest BCUT2D eigenvalue weighted by Gasteiger charge is -2.23. The number of carboxylic acids is 1. The third-order valence-corrected chi connectivity index (χ3v) is 5.57. The van der Waals surface area contributed by atoms with Gasteiger partial charge in [0.05, 0.1) is 24.7 Å². The molecule has 0 radical (unpaired) electrons. The Morgan fingerprint density at radius 1 is 0.879 bits per heavy atom. The second-order valence-corrected chi connectivity index (χ2v) is 8.83. The summed E-state index contributed by atoms with van der Waals surface area (Å²) >= 11 is 0. The second-order valence-electron chi connectivity index (χ2n) is 8.83. The normalized spacial score (nSPS) is 11.0. The third kappa shape index (κ3) is 11.5. The number of ether oxygens (including phenoxy) is 3. The Morgan fingerprint density at radius 2 is 1.45 bits per heavy atom. The lowest BCUT2D eigenvalue weighted by Crippen LogP contribution is -2.26. The van der Waals surface area contributed by atoms with Crippen LogP contribution in [0.1, 0.15) is 83.1 Å². The van der Waals surface area contributed by atoms with Crippen LogP contribution < -0.4 is 0 Å². The molecule has 1 aromatic carbocycles. The highest BCUT2D eigenvalue weighted by Crippen LogP contribution is 2.26. The van der Waals surface area contributed by atoms with Crippen molar-refractivity contribution in [3.63, 3.8) is 0 Å². The molecule has 0 saturated carbocycles. The van der Waals surface area contributed by atoms with E-state index < -0.39 is 29.9 Å². The zero-order valence-electron chi connectivity index (χ0n) is 20.9. The van der Waals surface area contributed by atoms with Gasteiger partial charge in [-0.25, -0.2) is 9.59 Å². The number of carboxylic acid groups (broad SMARTS) is 1. The predicted octanol–water partition coefficient (Wildman–Crippen LogP) is 4.53. The smallest absolute Gasteiger partial charge is 0.344 e. The van der Waals surface area contributed by atoms with Crippen LogP contribution in [0.3, 0.4) is 0 Å². The Hall–Kier alpha value is -2.90. The van der Waals surface area contributed by atoms with E-state index in [0.29, 0.717) is 18.4 Å².